The van der Waals surface area contributed by atoms with Crippen molar-refractivity contribution >= 4 is 23.4 Å². The van der Waals surface area contributed by atoms with E-state index in [0.717, 1.165) is 4.90 Å². The Bertz CT molecular complexity index is 1100. The predicted octanol–water partition coefficient (Wildman–Crippen LogP) is 0.536. The molecule has 10 heteroatoms. The minimum atomic E-state index is -1.14. The maximum absolute atomic E-state index is 13.4. The molecule has 1 aromatic heterocycles. The molecule has 0 radical (unpaired) electrons. The van der Waals surface area contributed by atoms with E-state index in [4.69, 9.17) is 15.2 Å². The molecule has 1 aliphatic rings. The molecule has 166 valence electrons. The summed E-state index contributed by atoms with van der Waals surface area (Å²) in [6.45, 7) is 4.13. The number of amides is 1. The highest BCUT2D eigenvalue weighted by Crippen LogP contribution is 2.25. The fraction of sp³-hybridized carbons (Fsp3) is 0.429. The molecule has 0 bridgehead atoms. The number of benzene rings is 1. The van der Waals surface area contributed by atoms with Gasteiger partial charge < -0.3 is 15.2 Å². The van der Waals surface area contributed by atoms with Crippen molar-refractivity contribution < 1.29 is 19.1 Å². The van der Waals surface area contributed by atoms with E-state index >= 15 is 0 Å². The van der Waals surface area contributed by atoms with Gasteiger partial charge >= 0.3 is 11.7 Å². The van der Waals surface area contributed by atoms with Crippen LogP contribution in [0.3, 0.4) is 0 Å². The number of fused-ring (bicyclic) bond motifs is 1. The smallest absolute Gasteiger partial charge is 0.339 e. The maximum atomic E-state index is 13.4. The Morgan fingerprint density at radius 3 is 2.71 bits per heavy atom. The average Bonchev–Trinajstić information content (AvgIpc) is 2.72. The molecule has 0 unspecified atom stereocenters. The van der Waals surface area contributed by atoms with Gasteiger partial charge in [-0.1, -0.05) is 32.0 Å². The van der Waals surface area contributed by atoms with Crippen molar-refractivity contribution in [1.29, 1.82) is 0 Å². The van der Waals surface area contributed by atoms with Gasteiger partial charge in [-0.2, -0.15) is 0 Å². The van der Waals surface area contributed by atoms with E-state index < -0.39 is 29.2 Å². The van der Waals surface area contributed by atoms with Crippen molar-refractivity contribution in [3.8, 4) is 0 Å². The Kier molecular flexibility index (Phi) is 6.59. The van der Waals surface area contributed by atoms with E-state index in [2.05, 4.69) is 4.98 Å². The number of hydrogen-bond donors (Lipinski definition) is 2. The SMILES string of the molecule is COCCN(C(=O)[C@@H]1Cc2ccccc2C(=O)O1)c1c(N)n(CC(C)C)c(=O)[nH]c1=O. The van der Waals surface area contributed by atoms with Crippen molar-refractivity contribution in [2.24, 2.45) is 5.92 Å². The summed E-state index contributed by atoms with van der Waals surface area (Å²) in [5, 5.41) is 0. The van der Waals surface area contributed by atoms with Crippen LogP contribution in [-0.2, 0) is 27.2 Å². The summed E-state index contributed by atoms with van der Waals surface area (Å²) in [6.07, 6.45) is -0.975. The van der Waals surface area contributed by atoms with Crippen LogP contribution < -0.4 is 21.9 Å². The number of H-pyrrole nitrogens is 1. The highest BCUT2D eigenvalue weighted by Gasteiger charge is 2.36. The first kappa shape index (κ1) is 22.3. The molecule has 2 heterocycles. The quantitative estimate of drug-likeness (QED) is 0.612. The van der Waals surface area contributed by atoms with Gasteiger partial charge in [0.2, 0.25) is 0 Å². The van der Waals surface area contributed by atoms with Crippen molar-refractivity contribution in [2.45, 2.75) is 32.9 Å². The van der Waals surface area contributed by atoms with Gasteiger partial charge in [-0.25, -0.2) is 9.59 Å². The largest absolute Gasteiger partial charge is 0.448 e. The summed E-state index contributed by atoms with van der Waals surface area (Å²) in [4.78, 5) is 54.0. The number of nitrogens with zero attached hydrogens (tertiary/aromatic N) is 2. The molecule has 0 spiro atoms. The molecular weight excluding hydrogens is 404 g/mol. The van der Waals surface area contributed by atoms with Gasteiger partial charge in [-0.15, -0.1) is 0 Å². The fourth-order valence-corrected chi connectivity index (χ4v) is 3.54. The number of aromatic nitrogens is 2. The number of methoxy groups -OCH3 is 1. The zero-order valence-electron chi connectivity index (χ0n) is 17.7. The molecular formula is C21H26N4O6. The third-order valence-electron chi connectivity index (χ3n) is 4.98. The average molecular weight is 430 g/mol. The molecule has 1 atom stereocenters. The van der Waals surface area contributed by atoms with Crippen LogP contribution >= 0.6 is 0 Å². The summed E-state index contributed by atoms with van der Waals surface area (Å²) in [7, 11) is 1.45. The van der Waals surface area contributed by atoms with Gasteiger partial charge in [-0.3, -0.25) is 24.0 Å². The number of ether oxygens (including phenoxy) is 2. The summed E-state index contributed by atoms with van der Waals surface area (Å²) in [6, 6.07) is 6.86. The van der Waals surface area contributed by atoms with Crippen LogP contribution in [0.25, 0.3) is 0 Å². The molecule has 3 rings (SSSR count). The molecule has 1 aromatic carbocycles. The number of carbonyl (C=O) groups is 2. The fourth-order valence-electron chi connectivity index (χ4n) is 3.54. The van der Waals surface area contributed by atoms with Gasteiger partial charge in [0.15, 0.2) is 11.8 Å². The summed E-state index contributed by atoms with van der Waals surface area (Å²) in [5.41, 5.74) is 5.63. The first-order valence-corrected chi connectivity index (χ1v) is 9.96. The molecule has 10 nitrogen and oxygen atoms in total. The second kappa shape index (κ2) is 9.17. The van der Waals surface area contributed by atoms with Gasteiger partial charge in [-0.05, 0) is 17.5 Å². The maximum Gasteiger partial charge on any atom is 0.339 e. The number of nitrogen functional groups attached to an aromatic ring is 1. The lowest BCUT2D eigenvalue weighted by Gasteiger charge is -2.30. The lowest BCUT2D eigenvalue weighted by molar-refractivity contribution is -0.127. The Hall–Kier alpha value is -3.40. The molecule has 0 fully saturated rings. The Morgan fingerprint density at radius 2 is 2.03 bits per heavy atom. The van der Waals surface area contributed by atoms with Crippen LogP contribution in [0.4, 0.5) is 11.5 Å². The van der Waals surface area contributed by atoms with E-state index in [9.17, 15) is 19.2 Å². The zero-order chi connectivity index (χ0) is 22.7. The summed E-state index contributed by atoms with van der Waals surface area (Å²) in [5.74, 6) is -1.29. The second-order valence-electron chi connectivity index (χ2n) is 7.74. The van der Waals surface area contributed by atoms with E-state index in [0.29, 0.717) is 11.1 Å². The first-order chi connectivity index (χ1) is 14.7. The molecule has 1 amide bonds. The Labute approximate surface area is 178 Å². The Balaban J connectivity index is 2.03. The van der Waals surface area contributed by atoms with E-state index in [1.165, 1.54) is 11.7 Å². The van der Waals surface area contributed by atoms with Crippen LogP contribution in [-0.4, -0.2) is 47.8 Å². The highest BCUT2D eigenvalue weighted by molar-refractivity contribution is 6.02. The molecule has 1 aliphatic heterocycles. The third-order valence-corrected chi connectivity index (χ3v) is 4.98. The van der Waals surface area contributed by atoms with Gasteiger partial charge in [0, 0.05) is 26.6 Å². The van der Waals surface area contributed by atoms with E-state index in [1.54, 1.807) is 24.3 Å². The molecule has 0 aliphatic carbocycles. The number of carbonyl (C=O) groups excluding carboxylic acids is 2. The normalized spacial score (nSPS) is 15.5. The molecule has 2 aromatic rings. The van der Waals surface area contributed by atoms with Crippen LogP contribution in [0.2, 0.25) is 0 Å². The van der Waals surface area contributed by atoms with Crippen molar-refractivity contribution in [3.63, 3.8) is 0 Å². The number of hydrogen-bond acceptors (Lipinski definition) is 7. The highest BCUT2D eigenvalue weighted by atomic mass is 16.5. The lowest BCUT2D eigenvalue weighted by atomic mass is 9.98. The minimum Gasteiger partial charge on any atom is -0.448 e. The van der Waals surface area contributed by atoms with Crippen LogP contribution in [0.15, 0.2) is 33.9 Å². The monoisotopic (exact) mass is 430 g/mol. The van der Waals surface area contributed by atoms with E-state index in [1.807, 2.05) is 13.8 Å². The lowest BCUT2D eigenvalue weighted by Crippen LogP contribution is -2.49. The number of anilines is 2. The van der Waals surface area contributed by atoms with Crippen molar-refractivity contribution in [1.82, 2.24) is 9.55 Å². The summed E-state index contributed by atoms with van der Waals surface area (Å²) >= 11 is 0. The number of cyclic esters (lactones) is 1. The summed E-state index contributed by atoms with van der Waals surface area (Å²) < 4.78 is 11.7. The van der Waals surface area contributed by atoms with Crippen molar-refractivity contribution in [2.75, 3.05) is 30.9 Å². The first-order valence-electron chi connectivity index (χ1n) is 9.96. The molecule has 0 saturated heterocycles. The predicted molar refractivity (Wildman–Crippen MR) is 114 cm³/mol. The zero-order valence-corrected chi connectivity index (χ0v) is 17.7. The van der Waals surface area contributed by atoms with Gasteiger partial charge in [0.1, 0.15) is 5.82 Å². The minimum absolute atomic E-state index is 0.0157. The standard InChI is InChI=1S/C21H26N4O6/c1-12(2)11-25-17(22)16(18(26)23-21(25)29)24(8-9-30-3)19(27)15-10-13-6-4-5-7-14(13)20(28)31-15/h4-7,12,15H,8-11,22H2,1-3H3,(H,23,26,29)/t15-/m0/s1. The topological polar surface area (TPSA) is 137 Å². The van der Waals surface area contributed by atoms with Crippen molar-refractivity contribution in [3.05, 3.63) is 56.2 Å². The number of aromatic amines is 1. The molecule has 3 N–H and O–H groups in total. The second-order valence-corrected chi connectivity index (χ2v) is 7.74. The number of nitrogens with one attached hydrogen (secondary N) is 1. The number of rotatable bonds is 7. The van der Waals surface area contributed by atoms with Gasteiger partial charge in [0.05, 0.1) is 12.2 Å². The van der Waals surface area contributed by atoms with Crippen LogP contribution in [0.1, 0.15) is 29.8 Å². The van der Waals surface area contributed by atoms with Gasteiger partial charge in [0.25, 0.3) is 11.5 Å². The number of esters is 1. The molecule has 31 heavy (non-hydrogen) atoms. The van der Waals surface area contributed by atoms with E-state index in [-0.39, 0.29) is 43.5 Å². The number of nitrogens with two attached hydrogens (primary N) is 1. The van der Waals surface area contributed by atoms with Crippen LogP contribution in [0, 0.1) is 5.92 Å². The Morgan fingerprint density at radius 1 is 1.32 bits per heavy atom. The molecule has 0 saturated carbocycles. The van der Waals surface area contributed by atoms with Crippen LogP contribution in [0.5, 0.6) is 0 Å². The third kappa shape index (κ3) is 4.53.